The number of amides is 1. The number of anilines is 1. The molecule has 96 valence electrons. The highest BCUT2D eigenvalue weighted by atomic mass is 32.1. The Morgan fingerprint density at radius 3 is 3.05 bits per heavy atom. The van der Waals surface area contributed by atoms with Gasteiger partial charge in [0, 0.05) is 17.6 Å². The standard InChI is InChI=1S/C13H12N4OS/c1-2-7-17-12(11-8-19-16-15-11)14-10-6-4-3-5-9(10)13(17)18/h2-6,8,12,14H,1,7H2/t12-/m0/s1. The van der Waals surface area contributed by atoms with Crippen molar-refractivity contribution in [3.63, 3.8) is 0 Å². The van der Waals surface area contributed by atoms with E-state index in [2.05, 4.69) is 21.5 Å². The average Bonchev–Trinajstić information content (AvgIpc) is 2.96. The van der Waals surface area contributed by atoms with Crippen LogP contribution in [0.5, 0.6) is 0 Å². The Kier molecular flexibility index (Phi) is 3.00. The molecule has 2 heterocycles. The second-order valence-electron chi connectivity index (χ2n) is 4.17. The van der Waals surface area contributed by atoms with Crippen molar-refractivity contribution in [3.8, 4) is 0 Å². The van der Waals surface area contributed by atoms with Crippen LogP contribution in [-0.4, -0.2) is 26.9 Å². The van der Waals surface area contributed by atoms with Gasteiger partial charge in [0.2, 0.25) is 0 Å². The molecule has 0 fully saturated rings. The fourth-order valence-corrected chi connectivity index (χ4v) is 2.62. The summed E-state index contributed by atoms with van der Waals surface area (Å²) in [7, 11) is 0. The molecule has 0 radical (unpaired) electrons. The first-order valence-corrected chi connectivity index (χ1v) is 6.69. The van der Waals surface area contributed by atoms with Crippen LogP contribution in [0, 0.1) is 0 Å². The first-order valence-electron chi connectivity index (χ1n) is 5.85. The van der Waals surface area contributed by atoms with Crippen molar-refractivity contribution in [3.05, 3.63) is 53.6 Å². The van der Waals surface area contributed by atoms with Crippen LogP contribution in [-0.2, 0) is 0 Å². The minimum Gasteiger partial charge on any atom is -0.359 e. The van der Waals surface area contributed by atoms with E-state index in [0.29, 0.717) is 12.1 Å². The first kappa shape index (κ1) is 11.9. The smallest absolute Gasteiger partial charge is 0.258 e. The summed E-state index contributed by atoms with van der Waals surface area (Å²) in [6, 6.07) is 7.47. The third-order valence-corrected chi connectivity index (χ3v) is 3.53. The van der Waals surface area contributed by atoms with Gasteiger partial charge >= 0.3 is 0 Å². The summed E-state index contributed by atoms with van der Waals surface area (Å²) in [6.45, 7) is 4.17. The van der Waals surface area contributed by atoms with Crippen molar-refractivity contribution >= 4 is 23.1 Å². The molecule has 0 unspecified atom stereocenters. The summed E-state index contributed by atoms with van der Waals surface area (Å²) in [5.74, 6) is -0.0211. The third kappa shape index (κ3) is 2.00. The molecular weight excluding hydrogens is 260 g/mol. The highest BCUT2D eigenvalue weighted by Crippen LogP contribution is 2.32. The normalized spacial score (nSPS) is 17.8. The maximum absolute atomic E-state index is 12.5. The number of carbonyl (C=O) groups is 1. The number of carbonyl (C=O) groups excluding carboxylic acids is 1. The number of hydrogen-bond acceptors (Lipinski definition) is 5. The van der Waals surface area contributed by atoms with Gasteiger partial charge in [0.1, 0.15) is 11.9 Å². The van der Waals surface area contributed by atoms with Crippen LogP contribution in [0.4, 0.5) is 5.69 Å². The van der Waals surface area contributed by atoms with Crippen LogP contribution in [0.15, 0.2) is 42.3 Å². The Labute approximate surface area is 114 Å². The second kappa shape index (κ2) is 4.81. The molecule has 3 rings (SSSR count). The monoisotopic (exact) mass is 272 g/mol. The lowest BCUT2D eigenvalue weighted by Gasteiger charge is -2.36. The summed E-state index contributed by atoms with van der Waals surface area (Å²) < 4.78 is 3.86. The zero-order chi connectivity index (χ0) is 13.2. The SMILES string of the molecule is C=CCN1C(=O)c2ccccc2N[C@@H]1c1csnn1. The van der Waals surface area contributed by atoms with Crippen LogP contribution in [0.2, 0.25) is 0 Å². The Balaban J connectivity index is 2.05. The van der Waals surface area contributed by atoms with E-state index in [1.807, 2.05) is 29.6 Å². The van der Waals surface area contributed by atoms with E-state index >= 15 is 0 Å². The average molecular weight is 272 g/mol. The van der Waals surface area contributed by atoms with Crippen LogP contribution in [0.3, 0.4) is 0 Å². The Hall–Kier alpha value is -2.21. The molecule has 1 aromatic heterocycles. The van der Waals surface area contributed by atoms with Gasteiger partial charge in [-0.25, -0.2) is 0 Å². The molecule has 1 aliphatic heterocycles. The van der Waals surface area contributed by atoms with Crippen molar-refractivity contribution in [2.75, 3.05) is 11.9 Å². The van der Waals surface area contributed by atoms with Crippen molar-refractivity contribution < 1.29 is 4.79 Å². The van der Waals surface area contributed by atoms with Crippen LogP contribution in [0.25, 0.3) is 0 Å². The number of nitrogens with one attached hydrogen (secondary N) is 1. The topological polar surface area (TPSA) is 58.1 Å². The maximum Gasteiger partial charge on any atom is 0.258 e. The molecule has 1 aliphatic rings. The zero-order valence-corrected chi connectivity index (χ0v) is 10.9. The minimum absolute atomic E-state index is 0.0211. The molecule has 2 aromatic rings. The Morgan fingerprint density at radius 2 is 2.32 bits per heavy atom. The number of aromatic nitrogens is 2. The highest BCUT2D eigenvalue weighted by Gasteiger charge is 2.33. The van der Waals surface area contributed by atoms with E-state index in [1.165, 1.54) is 11.5 Å². The molecule has 19 heavy (non-hydrogen) atoms. The van der Waals surface area contributed by atoms with E-state index in [4.69, 9.17) is 0 Å². The molecule has 1 atom stereocenters. The summed E-state index contributed by atoms with van der Waals surface area (Å²) in [5.41, 5.74) is 2.24. The molecule has 6 heteroatoms. The number of rotatable bonds is 3. The van der Waals surface area contributed by atoms with Gasteiger partial charge in [0.05, 0.1) is 5.56 Å². The molecule has 1 amide bonds. The summed E-state index contributed by atoms with van der Waals surface area (Å²) in [5, 5.41) is 9.23. The van der Waals surface area contributed by atoms with Gasteiger partial charge in [-0.3, -0.25) is 4.79 Å². The minimum atomic E-state index is -0.292. The second-order valence-corrected chi connectivity index (χ2v) is 4.78. The number of fused-ring (bicyclic) bond motifs is 1. The number of para-hydroxylation sites is 1. The van der Waals surface area contributed by atoms with Crippen molar-refractivity contribution in [2.24, 2.45) is 0 Å². The molecule has 5 nitrogen and oxygen atoms in total. The number of nitrogens with zero attached hydrogens (tertiary/aromatic N) is 3. The van der Waals surface area contributed by atoms with Crippen LogP contribution < -0.4 is 5.32 Å². The lowest BCUT2D eigenvalue weighted by atomic mass is 10.1. The van der Waals surface area contributed by atoms with Crippen LogP contribution >= 0.6 is 11.5 Å². The van der Waals surface area contributed by atoms with Crippen molar-refractivity contribution in [1.82, 2.24) is 14.5 Å². The highest BCUT2D eigenvalue weighted by molar-refractivity contribution is 7.03. The lowest BCUT2D eigenvalue weighted by molar-refractivity contribution is 0.0704. The summed E-state index contributed by atoms with van der Waals surface area (Å²) in [6.07, 6.45) is 1.42. The largest absolute Gasteiger partial charge is 0.359 e. The Bertz CT molecular complexity index is 611. The maximum atomic E-state index is 12.5. The van der Waals surface area contributed by atoms with Crippen molar-refractivity contribution in [1.29, 1.82) is 0 Å². The molecule has 0 saturated carbocycles. The third-order valence-electron chi connectivity index (χ3n) is 3.01. The molecule has 0 bridgehead atoms. The quantitative estimate of drug-likeness (QED) is 0.871. The molecule has 0 spiro atoms. The Morgan fingerprint density at radius 1 is 1.47 bits per heavy atom. The van der Waals surface area contributed by atoms with E-state index in [9.17, 15) is 4.79 Å². The van der Waals surface area contributed by atoms with E-state index < -0.39 is 0 Å². The van der Waals surface area contributed by atoms with Gasteiger partial charge < -0.3 is 10.2 Å². The van der Waals surface area contributed by atoms with Gasteiger partial charge in [-0.05, 0) is 23.7 Å². The lowest BCUT2D eigenvalue weighted by Crippen LogP contribution is -2.43. The molecule has 0 aliphatic carbocycles. The molecule has 1 aromatic carbocycles. The number of benzene rings is 1. The van der Waals surface area contributed by atoms with Gasteiger partial charge in [-0.15, -0.1) is 11.7 Å². The fraction of sp³-hybridized carbons (Fsp3) is 0.154. The fourth-order valence-electron chi connectivity index (χ4n) is 2.14. The van der Waals surface area contributed by atoms with Gasteiger partial charge in [0.15, 0.2) is 0 Å². The van der Waals surface area contributed by atoms with E-state index in [1.54, 1.807) is 11.0 Å². The molecule has 0 saturated heterocycles. The van der Waals surface area contributed by atoms with Crippen LogP contribution in [0.1, 0.15) is 22.2 Å². The first-order chi connectivity index (χ1) is 9.31. The van der Waals surface area contributed by atoms with Gasteiger partial charge in [-0.1, -0.05) is 22.7 Å². The van der Waals surface area contributed by atoms with Gasteiger partial charge in [-0.2, -0.15) is 0 Å². The zero-order valence-electron chi connectivity index (χ0n) is 10.1. The van der Waals surface area contributed by atoms with E-state index in [-0.39, 0.29) is 12.1 Å². The summed E-state index contributed by atoms with van der Waals surface area (Å²) >= 11 is 1.27. The van der Waals surface area contributed by atoms with Crippen molar-refractivity contribution in [2.45, 2.75) is 6.17 Å². The summed E-state index contributed by atoms with van der Waals surface area (Å²) in [4.78, 5) is 14.2. The molecule has 1 N–H and O–H groups in total. The predicted octanol–water partition coefficient (Wildman–Crippen LogP) is 2.29. The van der Waals surface area contributed by atoms with Gasteiger partial charge in [0.25, 0.3) is 5.91 Å². The predicted molar refractivity (Wildman–Crippen MR) is 73.9 cm³/mol. The number of hydrogen-bond donors (Lipinski definition) is 1. The van der Waals surface area contributed by atoms with E-state index in [0.717, 1.165) is 11.4 Å². The molecular formula is C13H12N4OS.